The molecule has 110 valence electrons. The van der Waals surface area contributed by atoms with Crippen LogP contribution in [0.1, 0.15) is 27.2 Å². The van der Waals surface area contributed by atoms with Crippen molar-refractivity contribution in [3.63, 3.8) is 0 Å². The highest BCUT2D eigenvalue weighted by Gasteiger charge is 2.23. The third kappa shape index (κ3) is 3.56. The lowest BCUT2D eigenvalue weighted by Gasteiger charge is -2.21. The molecule has 0 aromatic heterocycles. The number of benzene rings is 1. The number of nitrogens with zero attached hydrogens (tertiary/aromatic N) is 1. The molecule has 1 atom stereocenters. The van der Waals surface area contributed by atoms with Gasteiger partial charge in [0.25, 0.3) is 0 Å². The van der Waals surface area contributed by atoms with Crippen molar-refractivity contribution in [3.05, 3.63) is 18.2 Å². The summed E-state index contributed by atoms with van der Waals surface area (Å²) in [4.78, 5) is 13.3. The number of anilines is 2. The Morgan fingerprint density at radius 3 is 2.90 bits per heavy atom. The zero-order chi connectivity index (χ0) is 14.7. The van der Waals surface area contributed by atoms with Crippen molar-refractivity contribution >= 4 is 17.3 Å². The van der Waals surface area contributed by atoms with Crippen molar-refractivity contribution in [2.45, 2.75) is 39.3 Å². The van der Waals surface area contributed by atoms with Crippen LogP contribution in [0.2, 0.25) is 0 Å². The lowest BCUT2D eigenvalue weighted by molar-refractivity contribution is -0.119. The molecule has 3 N–H and O–H groups in total. The second-order valence-corrected chi connectivity index (χ2v) is 5.52. The molecule has 0 bridgehead atoms. The summed E-state index contributed by atoms with van der Waals surface area (Å²) < 4.78 is 5.72. The molecule has 1 aliphatic rings. The molecule has 0 spiro atoms. The maximum Gasteiger partial charge on any atom is 0.217 e. The van der Waals surface area contributed by atoms with Gasteiger partial charge in [-0.3, -0.25) is 4.79 Å². The van der Waals surface area contributed by atoms with E-state index in [0.29, 0.717) is 5.69 Å². The van der Waals surface area contributed by atoms with E-state index in [1.807, 2.05) is 32.0 Å². The van der Waals surface area contributed by atoms with Crippen LogP contribution in [0.25, 0.3) is 0 Å². The quantitative estimate of drug-likeness (QED) is 0.823. The summed E-state index contributed by atoms with van der Waals surface area (Å²) in [5.74, 6) is 0.749. The number of carbonyl (C=O) groups excluding carboxylic acids is 1. The van der Waals surface area contributed by atoms with E-state index in [4.69, 9.17) is 10.5 Å². The van der Waals surface area contributed by atoms with Crippen molar-refractivity contribution in [3.8, 4) is 5.75 Å². The first-order chi connectivity index (χ1) is 9.45. The SMILES string of the molecule is CC(=O)NC1CCN(c2ccc(N)c(OC(C)C)c2)C1. The van der Waals surface area contributed by atoms with E-state index in [2.05, 4.69) is 10.2 Å². The minimum atomic E-state index is 0.0259. The normalized spacial score (nSPS) is 18.4. The van der Waals surface area contributed by atoms with Crippen molar-refractivity contribution in [2.75, 3.05) is 23.7 Å². The predicted octanol–water partition coefficient (Wildman–Crippen LogP) is 1.77. The molecular weight excluding hydrogens is 254 g/mol. The third-order valence-electron chi connectivity index (χ3n) is 3.32. The lowest BCUT2D eigenvalue weighted by Crippen LogP contribution is -2.35. The Morgan fingerprint density at radius 1 is 1.50 bits per heavy atom. The average Bonchev–Trinajstić information content (AvgIpc) is 2.79. The van der Waals surface area contributed by atoms with Crippen molar-refractivity contribution < 1.29 is 9.53 Å². The van der Waals surface area contributed by atoms with Gasteiger partial charge in [0.1, 0.15) is 5.75 Å². The Morgan fingerprint density at radius 2 is 2.25 bits per heavy atom. The summed E-state index contributed by atoms with van der Waals surface area (Å²) in [6, 6.07) is 6.07. The number of nitrogens with one attached hydrogen (secondary N) is 1. The van der Waals surface area contributed by atoms with Crippen LogP contribution in [-0.4, -0.2) is 31.1 Å². The number of carbonyl (C=O) groups is 1. The van der Waals surface area contributed by atoms with E-state index in [-0.39, 0.29) is 18.1 Å². The van der Waals surface area contributed by atoms with E-state index >= 15 is 0 Å². The van der Waals surface area contributed by atoms with Gasteiger partial charge in [-0.05, 0) is 32.4 Å². The van der Waals surface area contributed by atoms with Crippen molar-refractivity contribution in [2.24, 2.45) is 0 Å². The summed E-state index contributed by atoms with van der Waals surface area (Å²) in [6.45, 7) is 7.27. The zero-order valence-electron chi connectivity index (χ0n) is 12.3. The molecule has 1 heterocycles. The highest BCUT2D eigenvalue weighted by Crippen LogP contribution is 2.30. The van der Waals surface area contributed by atoms with Gasteiger partial charge in [-0.25, -0.2) is 0 Å². The molecule has 1 aromatic rings. The second kappa shape index (κ2) is 6.03. The molecule has 1 aromatic carbocycles. The summed E-state index contributed by atoms with van der Waals surface area (Å²) in [6.07, 6.45) is 1.06. The smallest absolute Gasteiger partial charge is 0.217 e. The second-order valence-electron chi connectivity index (χ2n) is 5.52. The van der Waals surface area contributed by atoms with Crippen LogP contribution in [-0.2, 0) is 4.79 Å². The molecule has 1 aliphatic heterocycles. The number of nitrogens with two attached hydrogens (primary N) is 1. The Balaban J connectivity index is 2.08. The van der Waals surface area contributed by atoms with Crippen molar-refractivity contribution in [1.29, 1.82) is 0 Å². The van der Waals surface area contributed by atoms with Crippen LogP contribution in [0.5, 0.6) is 5.75 Å². The van der Waals surface area contributed by atoms with E-state index in [9.17, 15) is 4.79 Å². The molecule has 2 rings (SSSR count). The first-order valence-electron chi connectivity index (χ1n) is 7.04. The fourth-order valence-electron chi connectivity index (χ4n) is 2.48. The number of hydrogen-bond donors (Lipinski definition) is 2. The summed E-state index contributed by atoms with van der Waals surface area (Å²) in [7, 11) is 0. The fraction of sp³-hybridized carbons (Fsp3) is 0.533. The highest BCUT2D eigenvalue weighted by atomic mass is 16.5. The summed E-state index contributed by atoms with van der Waals surface area (Å²) in [5.41, 5.74) is 7.67. The molecule has 1 saturated heterocycles. The van der Waals surface area contributed by atoms with Crippen LogP contribution in [0.15, 0.2) is 18.2 Å². The largest absolute Gasteiger partial charge is 0.489 e. The number of hydrogen-bond acceptors (Lipinski definition) is 4. The van der Waals surface area contributed by atoms with E-state index in [1.54, 1.807) is 6.92 Å². The van der Waals surface area contributed by atoms with Gasteiger partial charge in [0.2, 0.25) is 5.91 Å². The van der Waals surface area contributed by atoms with Crippen molar-refractivity contribution in [1.82, 2.24) is 5.32 Å². The average molecular weight is 277 g/mol. The molecule has 0 aliphatic carbocycles. The maximum absolute atomic E-state index is 11.1. The molecule has 1 fully saturated rings. The number of rotatable bonds is 4. The molecular formula is C15H23N3O2. The molecule has 0 radical (unpaired) electrons. The van der Waals surface area contributed by atoms with Crippen LogP contribution in [0, 0.1) is 0 Å². The molecule has 5 nitrogen and oxygen atoms in total. The van der Waals surface area contributed by atoms with Gasteiger partial charge in [-0.1, -0.05) is 0 Å². The van der Waals surface area contributed by atoms with Crippen LogP contribution < -0.4 is 20.7 Å². The van der Waals surface area contributed by atoms with Gasteiger partial charge in [0, 0.05) is 37.8 Å². The number of nitrogen functional groups attached to an aromatic ring is 1. The van der Waals surface area contributed by atoms with Crippen LogP contribution in [0.4, 0.5) is 11.4 Å². The standard InChI is InChI=1S/C15H23N3O2/c1-10(2)20-15-8-13(4-5-14(15)16)18-7-6-12(9-18)17-11(3)19/h4-5,8,10,12H,6-7,9,16H2,1-3H3,(H,17,19). The summed E-state index contributed by atoms with van der Waals surface area (Å²) in [5, 5.41) is 2.96. The molecule has 0 saturated carbocycles. The lowest BCUT2D eigenvalue weighted by atomic mass is 10.2. The predicted molar refractivity (Wildman–Crippen MR) is 81.1 cm³/mol. The Labute approximate surface area is 120 Å². The zero-order valence-corrected chi connectivity index (χ0v) is 12.3. The number of amides is 1. The molecule has 1 unspecified atom stereocenters. The van der Waals surface area contributed by atoms with E-state index < -0.39 is 0 Å². The molecule has 5 heteroatoms. The van der Waals surface area contributed by atoms with Gasteiger partial charge in [-0.2, -0.15) is 0 Å². The van der Waals surface area contributed by atoms with E-state index in [1.165, 1.54) is 0 Å². The van der Waals surface area contributed by atoms with Crippen LogP contribution >= 0.6 is 0 Å². The highest BCUT2D eigenvalue weighted by molar-refractivity contribution is 5.73. The first kappa shape index (κ1) is 14.5. The van der Waals surface area contributed by atoms with E-state index in [0.717, 1.165) is 30.9 Å². The monoisotopic (exact) mass is 277 g/mol. The van der Waals surface area contributed by atoms with Gasteiger partial charge in [-0.15, -0.1) is 0 Å². The van der Waals surface area contributed by atoms with Crippen LogP contribution in [0.3, 0.4) is 0 Å². The summed E-state index contributed by atoms with van der Waals surface area (Å²) >= 11 is 0. The third-order valence-corrected chi connectivity index (χ3v) is 3.32. The van der Waals surface area contributed by atoms with Gasteiger partial charge in [0.15, 0.2) is 0 Å². The Bertz CT molecular complexity index is 488. The maximum atomic E-state index is 11.1. The number of ether oxygens (including phenoxy) is 1. The van der Waals surface area contributed by atoms with Gasteiger partial charge < -0.3 is 20.7 Å². The Kier molecular flexibility index (Phi) is 4.37. The minimum absolute atomic E-state index is 0.0259. The van der Waals surface area contributed by atoms with Gasteiger partial charge >= 0.3 is 0 Å². The van der Waals surface area contributed by atoms with Gasteiger partial charge in [0.05, 0.1) is 11.8 Å². The minimum Gasteiger partial charge on any atom is -0.489 e. The topological polar surface area (TPSA) is 67.6 Å². The molecule has 1 amide bonds. The molecule has 20 heavy (non-hydrogen) atoms. The first-order valence-corrected chi connectivity index (χ1v) is 7.04. The fourth-order valence-corrected chi connectivity index (χ4v) is 2.48. The Hall–Kier alpha value is -1.91.